The van der Waals surface area contributed by atoms with Gasteiger partial charge in [0.2, 0.25) is 5.91 Å². The molecule has 1 aliphatic rings. The summed E-state index contributed by atoms with van der Waals surface area (Å²) in [6.07, 6.45) is 1.90. The van der Waals surface area contributed by atoms with Gasteiger partial charge in [-0.05, 0) is 37.0 Å². The molecule has 0 fully saturated rings. The van der Waals surface area contributed by atoms with Crippen molar-refractivity contribution in [3.05, 3.63) is 28.6 Å². The van der Waals surface area contributed by atoms with Crippen molar-refractivity contribution in [2.24, 2.45) is 0 Å². The van der Waals surface area contributed by atoms with E-state index < -0.39 is 0 Å². The molecular weight excluding hydrogens is 221 g/mol. The highest BCUT2D eigenvalue weighted by Gasteiger charge is 2.24. The second kappa shape index (κ2) is 4.28. The first-order valence-corrected chi connectivity index (χ1v) is 5.63. The summed E-state index contributed by atoms with van der Waals surface area (Å²) in [5.41, 5.74) is 2.05. The van der Waals surface area contributed by atoms with Gasteiger partial charge in [0, 0.05) is 18.9 Å². The monoisotopic (exact) mass is 235 g/mol. The number of rotatable bonds is 1. The number of nitrogens with one attached hydrogen (secondary N) is 1. The maximum atomic E-state index is 13.7. The zero-order valence-electron chi connectivity index (χ0n) is 9.89. The van der Waals surface area contributed by atoms with E-state index in [1.165, 1.54) is 13.0 Å². The van der Waals surface area contributed by atoms with Crippen LogP contribution in [0, 0.1) is 12.7 Å². The molecule has 0 unspecified atom stereocenters. The van der Waals surface area contributed by atoms with Crippen LogP contribution in [-0.4, -0.2) is 11.7 Å². The molecule has 0 heterocycles. The van der Waals surface area contributed by atoms with Crippen LogP contribution in [0.25, 0.3) is 0 Å². The fourth-order valence-corrected chi connectivity index (χ4v) is 2.27. The van der Waals surface area contributed by atoms with Crippen LogP contribution in [0.3, 0.4) is 0 Å². The number of halogens is 1. The quantitative estimate of drug-likeness (QED) is 0.813. The average Bonchev–Trinajstić information content (AvgIpc) is 2.24. The van der Waals surface area contributed by atoms with Crippen LogP contribution < -0.4 is 5.32 Å². The minimum atomic E-state index is -0.373. The second-order valence-corrected chi connectivity index (χ2v) is 4.34. The van der Waals surface area contributed by atoms with E-state index in [9.17, 15) is 14.0 Å². The van der Waals surface area contributed by atoms with Gasteiger partial charge in [0.05, 0.1) is 5.69 Å². The highest BCUT2D eigenvalue weighted by atomic mass is 19.1. The molecule has 0 saturated carbocycles. The fourth-order valence-electron chi connectivity index (χ4n) is 2.27. The van der Waals surface area contributed by atoms with Crippen molar-refractivity contribution in [2.75, 3.05) is 5.32 Å². The number of hydrogen-bond donors (Lipinski definition) is 1. The number of carbonyl (C=O) groups excluding carboxylic acids is 2. The lowest BCUT2D eigenvalue weighted by Gasteiger charge is -2.21. The zero-order valence-corrected chi connectivity index (χ0v) is 9.89. The van der Waals surface area contributed by atoms with Gasteiger partial charge in [-0.3, -0.25) is 9.59 Å². The summed E-state index contributed by atoms with van der Waals surface area (Å²) in [6.45, 7) is 3.02. The normalized spacial score (nSPS) is 14.4. The summed E-state index contributed by atoms with van der Waals surface area (Å²) >= 11 is 0. The topological polar surface area (TPSA) is 46.2 Å². The Kier molecular flexibility index (Phi) is 2.96. The van der Waals surface area contributed by atoms with Gasteiger partial charge in [0.25, 0.3) is 0 Å². The van der Waals surface area contributed by atoms with Crippen LogP contribution in [0.2, 0.25) is 0 Å². The predicted octanol–water partition coefficient (Wildman–Crippen LogP) is 2.61. The molecule has 3 nitrogen and oxygen atoms in total. The van der Waals surface area contributed by atoms with Gasteiger partial charge in [0.1, 0.15) is 5.82 Å². The molecular formula is C13H14FNO2. The highest BCUT2D eigenvalue weighted by molar-refractivity contribution is 6.06. The standard InChI is InChI=1S/C13H14FNO2/c1-7-9-4-3-5-12(17)13(9)11(6-10(7)14)15-8(2)16/h6H,3-5H2,1-2H3,(H,15,16). The maximum absolute atomic E-state index is 13.7. The fraction of sp³-hybridized carbons (Fsp3) is 0.385. The van der Waals surface area contributed by atoms with Crippen molar-refractivity contribution in [1.29, 1.82) is 0 Å². The van der Waals surface area contributed by atoms with E-state index in [2.05, 4.69) is 5.32 Å². The van der Waals surface area contributed by atoms with Crippen LogP contribution in [-0.2, 0) is 11.2 Å². The van der Waals surface area contributed by atoms with Crippen molar-refractivity contribution in [1.82, 2.24) is 0 Å². The minimum absolute atomic E-state index is 0.0156. The summed E-state index contributed by atoms with van der Waals surface area (Å²) in [5.74, 6) is -0.686. The molecule has 0 atom stereocenters. The molecule has 0 spiro atoms. The minimum Gasteiger partial charge on any atom is -0.326 e. The predicted molar refractivity (Wildman–Crippen MR) is 62.7 cm³/mol. The summed E-state index contributed by atoms with van der Waals surface area (Å²) in [4.78, 5) is 22.9. The van der Waals surface area contributed by atoms with E-state index in [1.54, 1.807) is 6.92 Å². The van der Waals surface area contributed by atoms with Crippen LogP contribution >= 0.6 is 0 Å². The summed E-state index contributed by atoms with van der Waals surface area (Å²) in [6, 6.07) is 1.23. The van der Waals surface area contributed by atoms with Crippen LogP contribution in [0.1, 0.15) is 41.3 Å². The number of hydrogen-bond acceptors (Lipinski definition) is 2. The molecule has 0 aliphatic heterocycles. The van der Waals surface area contributed by atoms with Crippen molar-refractivity contribution in [3.8, 4) is 0 Å². The molecule has 0 aromatic heterocycles. The maximum Gasteiger partial charge on any atom is 0.221 e. The van der Waals surface area contributed by atoms with Crippen LogP contribution in [0.5, 0.6) is 0 Å². The van der Waals surface area contributed by atoms with Gasteiger partial charge in [-0.1, -0.05) is 0 Å². The van der Waals surface area contributed by atoms with E-state index in [0.717, 1.165) is 12.0 Å². The molecule has 1 aromatic rings. The summed E-state index contributed by atoms with van der Waals surface area (Å²) in [7, 11) is 0. The van der Waals surface area contributed by atoms with Crippen LogP contribution in [0.15, 0.2) is 6.07 Å². The number of fused-ring (bicyclic) bond motifs is 1. The van der Waals surface area contributed by atoms with Crippen molar-refractivity contribution < 1.29 is 14.0 Å². The van der Waals surface area contributed by atoms with Gasteiger partial charge in [0.15, 0.2) is 5.78 Å². The van der Waals surface area contributed by atoms with E-state index in [4.69, 9.17) is 0 Å². The van der Waals surface area contributed by atoms with Gasteiger partial charge < -0.3 is 5.32 Å². The molecule has 1 amide bonds. The summed E-state index contributed by atoms with van der Waals surface area (Å²) < 4.78 is 13.7. The molecule has 1 N–H and O–H groups in total. The zero-order chi connectivity index (χ0) is 12.6. The van der Waals surface area contributed by atoms with Gasteiger partial charge in [-0.2, -0.15) is 0 Å². The van der Waals surface area contributed by atoms with Crippen molar-refractivity contribution >= 4 is 17.4 Å². The third-order valence-corrected chi connectivity index (χ3v) is 3.07. The lowest BCUT2D eigenvalue weighted by atomic mass is 9.86. The number of benzene rings is 1. The molecule has 17 heavy (non-hydrogen) atoms. The molecule has 4 heteroatoms. The molecule has 0 radical (unpaired) electrons. The van der Waals surface area contributed by atoms with Crippen molar-refractivity contribution in [2.45, 2.75) is 33.1 Å². The van der Waals surface area contributed by atoms with E-state index in [0.29, 0.717) is 29.7 Å². The number of Topliss-reactive ketones (excluding diaryl/α,β-unsaturated/α-hetero) is 1. The number of amides is 1. The third kappa shape index (κ3) is 2.07. The first kappa shape index (κ1) is 11.8. The second-order valence-electron chi connectivity index (χ2n) is 4.34. The molecule has 0 bridgehead atoms. The van der Waals surface area contributed by atoms with Gasteiger partial charge >= 0.3 is 0 Å². The lowest BCUT2D eigenvalue weighted by molar-refractivity contribution is -0.114. The first-order chi connectivity index (χ1) is 8.00. The molecule has 90 valence electrons. The van der Waals surface area contributed by atoms with Gasteiger partial charge in [-0.25, -0.2) is 4.39 Å². The molecule has 0 saturated heterocycles. The van der Waals surface area contributed by atoms with Crippen molar-refractivity contribution in [3.63, 3.8) is 0 Å². The third-order valence-electron chi connectivity index (χ3n) is 3.07. The Morgan fingerprint density at radius 3 is 2.76 bits per heavy atom. The molecule has 1 aromatic carbocycles. The van der Waals surface area contributed by atoms with Gasteiger partial charge in [-0.15, -0.1) is 0 Å². The Labute approximate surface area is 99.0 Å². The first-order valence-electron chi connectivity index (χ1n) is 5.63. The SMILES string of the molecule is CC(=O)Nc1cc(F)c(C)c2c1C(=O)CCC2. The Hall–Kier alpha value is -1.71. The van der Waals surface area contributed by atoms with E-state index in [1.807, 2.05) is 0 Å². The molecule has 2 rings (SSSR count). The number of anilines is 1. The Balaban J connectivity index is 2.63. The molecule has 1 aliphatic carbocycles. The number of carbonyl (C=O) groups is 2. The van der Waals surface area contributed by atoms with E-state index >= 15 is 0 Å². The highest BCUT2D eigenvalue weighted by Crippen LogP contribution is 2.32. The smallest absolute Gasteiger partial charge is 0.221 e. The Morgan fingerprint density at radius 1 is 1.41 bits per heavy atom. The average molecular weight is 235 g/mol. The Morgan fingerprint density at radius 2 is 2.12 bits per heavy atom. The summed E-state index contributed by atoms with van der Waals surface area (Å²) in [5, 5.41) is 2.53. The lowest BCUT2D eigenvalue weighted by Crippen LogP contribution is -2.18. The number of ketones is 1. The largest absolute Gasteiger partial charge is 0.326 e. The Bertz CT molecular complexity index is 509. The van der Waals surface area contributed by atoms with E-state index in [-0.39, 0.29) is 17.5 Å². The van der Waals surface area contributed by atoms with Crippen LogP contribution in [0.4, 0.5) is 10.1 Å².